The Kier molecular flexibility index (Phi) is 6.56. The van der Waals surface area contributed by atoms with Crippen molar-refractivity contribution in [3.05, 3.63) is 65.7 Å². The predicted molar refractivity (Wildman–Crippen MR) is 110 cm³/mol. The molecule has 0 atom stereocenters. The molecule has 2 aromatic carbocycles. The third-order valence-corrected chi connectivity index (χ3v) is 5.75. The van der Waals surface area contributed by atoms with E-state index in [1.807, 2.05) is 18.2 Å². The van der Waals surface area contributed by atoms with Crippen molar-refractivity contribution in [2.45, 2.75) is 31.1 Å². The molecule has 5 nitrogen and oxygen atoms in total. The van der Waals surface area contributed by atoms with Gasteiger partial charge in [-0.15, -0.1) is 0 Å². The second-order valence-electron chi connectivity index (χ2n) is 7.34. The molecule has 0 aromatic heterocycles. The van der Waals surface area contributed by atoms with E-state index >= 15 is 0 Å². The van der Waals surface area contributed by atoms with Crippen LogP contribution in [0.3, 0.4) is 0 Å². The Labute approximate surface area is 171 Å². The molecule has 150 valence electrons. The Morgan fingerprint density at radius 2 is 1.76 bits per heavy atom. The predicted octanol–water partition coefficient (Wildman–Crippen LogP) is 3.69. The first-order chi connectivity index (χ1) is 14.1. The summed E-state index contributed by atoms with van der Waals surface area (Å²) in [6.07, 6.45) is 10.4. The summed E-state index contributed by atoms with van der Waals surface area (Å²) in [5.74, 6) is -0.120. The van der Waals surface area contributed by atoms with Crippen LogP contribution in [0.2, 0.25) is 0 Å². The van der Waals surface area contributed by atoms with Gasteiger partial charge in [-0.25, -0.2) is 0 Å². The van der Waals surface area contributed by atoms with Gasteiger partial charge in [0.15, 0.2) is 5.75 Å². The average molecular weight is 391 g/mol. The first kappa shape index (κ1) is 20.5. The Bertz CT molecular complexity index is 893. The highest BCUT2D eigenvalue weighted by Gasteiger charge is 2.39. The van der Waals surface area contributed by atoms with Gasteiger partial charge in [-0.3, -0.25) is 9.59 Å². The number of ether oxygens (including phenoxy) is 2. The maximum atomic E-state index is 12.8. The lowest BCUT2D eigenvalue weighted by Crippen LogP contribution is -2.44. The molecule has 1 amide bonds. The van der Waals surface area contributed by atoms with Gasteiger partial charge in [0, 0.05) is 12.0 Å². The van der Waals surface area contributed by atoms with Crippen molar-refractivity contribution in [1.29, 1.82) is 0 Å². The Hall–Kier alpha value is -3.26. The molecule has 1 N–H and O–H groups in total. The standard InChI is InChI=1S/C24H25NO4/c1-3-29-21-12-8-7-11-20(21)22(26)25-17-24(19-9-5-4-6-10-19)15-13-18(14-16-24)23(27)28-2/h1,4-12,18H,13-17H2,2H3,(H,25,26). The average Bonchev–Trinajstić information content (AvgIpc) is 2.78. The topological polar surface area (TPSA) is 64.6 Å². The number of para-hydroxylation sites is 1. The van der Waals surface area contributed by atoms with E-state index in [9.17, 15) is 9.59 Å². The lowest BCUT2D eigenvalue weighted by molar-refractivity contribution is -0.147. The van der Waals surface area contributed by atoms with Gasteiger partial charge in [0.05, 0.1) is 18.6 Å². The number of carbonyl (C=O) groups excluding carboxylic acids is 2. The second kappa shape index (κ2) is 9.29. The van der Waals surface area contributed by atoms with E-state index in [1.54, 1.807) is 24.3 Å². The minimum atomic E-state index is -0.235. The van der Waals surface area contributed by atoms with E-state index in [4.69, 9.17) is 15.9 Å². The summed E-state index contributed by atoms with van der Waals surface area (Å²) in [5.41, 5.74) is 1.33. The first-order valence-electron chi connectivity index (χ1n) is 9.72. The summed E-state index contributed by atoms with van der Waals surface area (Å²) < 4.78 is 10.0. The molecule has 0 unspecified atom stereocenters. The number of esters is 1. The minimum absolute atomic E-state index is 0.0858. The van der Waals surface area contributed by atoms with Crippen LogP contribution in [0.5, 0.6) is 5.75 Å². The van der Waals surface area contributed by atoms with Gasteiger partial charge in [-0.2, -0.15) is 0 Å². The number of amides is 1. The molecule has 5 heteroatoms. The van der Waals surface area contributed by atoms with Crippen LogP contribution in [-0.2, 0) is 14.9 Å². The van der Waals surface area contributed by atoms with Crippen LogP contribution in [0.4, 0.5) is 0 Å². The summed E-state index contributed by atoms with van der Waals surface area (Å²) in [6, 6.07) is 17.0. The van der Waals surface area contributed by atoms with Crippen LogP contribution in [0.25, 0.3) is 0 Å². The SMILES string of the molecule is C#COc1ccccc1C(=O)NCC1(c2ccccc2)CCC(C(=O)OC)CC1. The van der Waals surface area contributed by atoms with Crippen LogP contribution >= 0.6 is 0 Å². The monoisotopic (exact) mass is 391 g/mol. The third-order valence-electron chi connectivity index (χ3n) is 5.75. The molecule has 0 bridgehead atoms. The summed E-state index contributed by atoms with van der Waals surface area (Å²) >= 11 is 0. The van der Waals surface area contributed by atoms with Gasteiger partial charge in [-0.05, 0) is 43.4 Å². The maximum absolute atomic E-state index is 12.8. The zero-order chi connectivity index (χ0) is 20.7. The van der Waals surface area contributed by atoms with Crippen molar-refractivity contribution >= 4 is 11.9 Å². The summed E-state index contributed by atoms with van der Waals surface area (Å²) in [6.45, 7) is 0.466. The van der Waals surface area contributed by atoms with Crippen molar-refractivity contribution in [2.24, 2.45) is 5.92 Å². The molecular formula is C24H25NO4. The van der Waals surface area contributed by atoms with E-state index in [-0.39, 0.29) is 23.2 Å². The quantitative estimate of drug-likeness (QED) is 0.603. The van der Waals surface area contributed by atoms with Gasteiger partial charge in [0.2, 0.25) is 0 Å². The van der Waals surface area contributed by atoms with Gasteiger partial charge in [0.1, 0.15) is 6.11 Å². The molecule has 1 saturated carbocycles. The number of carbonyl (C=O) groups is 2. The molecule has 0 spiro atoms. The number of nitrogens with one attached hydrogen (secondary N) is 1. The van der Waals surface area contributed by atoms with E-state index in [2.05, 4.69) is 23.6 Å². The van der Waals surface area contributed by atoms with Crippen LogP contribution in [-0.4, -0.2) is 25.5 Å². The van der Waals surface area contributed by atoms with E-state index < -0.39 is 0 Å². The third kappa shape index (κ3) is 4.60. The highest BCUT2D eigenvalue weighted by Crippen LogP contribution is 2.41. The normalized spacial score (nSPS) is 20.9. The van der Waals surface area contributed by atoms with Crippen LogP contribution in [0, 0.1) is 18.4 Å². The van der Waals surface area contributed by atoms with Crippen molar-refractivity contribution in [1.82, 2.24) is 5.32 Å². The second-order valence-corrected chi connectivity index (χ2v) is 7.34. The van der Waals surface area contributed by atoms with Crippen molar-refractivity contribution < 1.29 is 19.1 Å². The Balaban J connectivity index is 1.78. The molecule has 0 aliphatic heterocycles. The molecule has 29 heavy (non-hydrogen) atoms. The number of methoxy groups -OCH3 is 1. The highest BCUT2D eigenvalue weighted by molar-refractivity contribution is 5.97. The fourth-order valence-corrected chi connectivity index (χ4v) is 4.08. The lowest BCUT2D eigenvalue weighted by Gasteiger charge is -2.40. The minimum Gasteiger partial charge on any atom is -0.469 e. The molecule has 2 aromatic rings. The van der Waals surface area contributed by atoms with Crippen molar-refractivity contribution in [3.8, 4) is 18.3 Å². The Morgan fingerprint density at radius 3 is 2.41 bits per heavy atom. The molecule has 1 fully saturated rings. The van der Waals surface area contributed by atoms with E-state index in [0.717, 1.165) is 31.2 Å². The van der Waals surface area contributed by atoms with E-state index in [1.165, 1.54) is 7.11 Å². The number of hydrogen-bond donors (Lipinski definition) is 1. The number of hydrogen-bond acceptors (Lipinski definition) is 4. The Morgan fingerprint density at radius 1 is 1.10 bits per heavy atom. The molecule has 0 saturated heterocycles. The molecule has 0 radical (unpaired) electrons. The smallest absolute Gasteiger partial charge is 0.308 e. The van der Waals surface area contributed by atoms with Gasteiger partial charge >= 0.3 is 5.97 Å². The molecule has 1 aliphatic carbocycles. The molecule has 3 rings (SSSR count). The summed E-state index contributed by atoms with van der Waals surface area (Å²) in [7, 11) is 1.43. The fraction of sp³-hybridized carbons (Fsp3) is 0.333. The van der Waals surface area contributed by atoms with Gasteiger partial charge in [-0.1, -0.05) is 48.9 Å². The zero-order valence-corrected chi connectivity index (χ0v) is 16.5. The summed E-state index contributed by atoms with van der Waals surface area (Å²) in [4.78, 5) is 24.8. The van der Waals surface area contributed by atoms with Crippen LogP contribution < -0.4 is 10.1 Å². The van der Waals surface area contributed by atoms with Crippen molar-refractivity contribution in [3.63, 3.8) is 0 Å². The van der Waals surface area contributed by atoms with E-state index in [0.29, 0.717) is 17.9 Å². The van der Waals surface area contributed by atoms with Crippen molar-refractivity contribution in [2.75, 3.05) is 13.7 Å². The number of benzene rings is 2. The maximum Gasteiger partial charge on any atom is 0.308 e. The first-order valence-corrected chi connectivity index (χ1v) is 9.72. The van der Waals surface area contributed by atoms with Gasteiger partial charge in [0.25, 0.3) is 5.91 Å². The lowest BCUT2D eigenvalue weighted by atomic mass is 9.66. The van der Waals surface area contributed by atoms with Gasteiger partial charge < -0.3 is 14.8 Å². The fourth-order valence-electron chi connectivity index (χ4n) is 4.08. The summed E-state index contributed by atoms with van der Waals surface area (Å²) in [5, 5.41) is 3.06. The molecule has 0 heterocycles. The molecule has 1 aliphatic rings. The number of rotatable bonds is 6. The largest absolute Gasteiger partial charge is 0.469 e. The number of terminal acetylenes is 1. The van der Waals surface area contributed by atoms with Crippen LogP contribution in [0.15, 0.2) is 54.6 Å². The van der Waals surface area contributed by atoms with Crippen LogP contribution in [0.1, 0.15) is 41.6 Å². The molecular weight excluding hydrogens is 366 g/mol. The zero-order valence-electron chi connectivity index (χ0n) is 16.5. The highest BCUT2D eigenvalue weighted by atomic mass is 16.5.